The van der Waals surface area contributed by atoms with Crippen molar-refractivity contribution in [2.75, 3.05) is 13.2 Å². The molecule has 0 radical (unpaired) electrons. The summed E-state index contributed by atoms with van der Waals surface area (Å²) in [4.78, 5) is 0. The fourth-order valence-corrected chi connectivity index (χ4v) is 2.21. The lowest BCUT2D eigenvalue weighted by Gasteiger charge is -2.16. The van der Waals surface area contributed by atoms with Crippen molar-refractivity contribution in [3.05, 3.63) is 30.1 Å². The van der Waals surface area contributed by atoms with Crippen molar-refractivity contribution in [2.45, 2.75) is 37.8 Å². The summed E-state index contributed by atoms with van der Waals surface area (Å²) in [6.07, 6.45) is 4.42. The third-order valence-corrected chi connectivity index (χ3v) is 3.25. The Kier molecular flexibility index (Phi) is 7.13. The number of ether oxygens (including phenoxy) is 1. The number of nitrogens with one attached hydrogen (secondary N) is 1. The highest BCUT2D eigenvalue weighted by Crippen LogP contribution is 2.17. The molecule has 1 aliphatic carbocycles. The fraction of sp³-hybridized carbons (Fsp3) is 0.571. The van der Waals surface area contributed by atoms with Gasteiger partial charge in [0.25, 0.3) is 0 Å². The fourth-order valence-electron chi connectivity index (χ4n) is 2.21. The number of hydrogen-bond acceptors (Lipinski definition) is 3. The van der Waals surface area contributed by atoms with Gasteiger partial charge in [-0.05, 0) is 37.1 Å². The topological polar surface area (TPSA) is 41.5 Å². The van der Waals surface area contributed by atoms with E-state index in [9.17, 15) is 9.50 Å². The number of aliphatic hydroxyl groups is 1. The number of aliphatic hydroxyl groups excluding tert-OH is 1. The van der Waals surface area contributed by atoms with Gasteiger partial charge in [0.2, 0.25) is 0 Å². The van der Waals surface area contributed by atoms with Crippen LogP contribution in [0.2, 0.25) is 0 Å². The molecular formula is C14H20ClFNO2-. The van der Waals surface area contributed by atoms with Crippen molar-refractivity contribution in [1.29, 1.82) is 0 Å². The Morgan fingerprint density at radius 1 is 1.26 bits per heavy atom. The van der Waals surface area contributed by atoms with Crippen LogP contribution in [0.25, 0.3) is 0 Å². The molecule has 0 bridgehead atoms. The van der Waals surface area contributed by atoms with Crippen molar-refractivity contribution in [1.82, 2.24) is 5.32 Å². The third kappa shape index (κ3) is 5.76. The lowest BCUT2D eigenvalue weighted by atomic mass is 10.2. The molecule has 0 aromatic heterocycles. The van der Waals surface area contributed by atoms with Crippen LogP contribution in [0, 0.1) is 5.82 Å². The van der Waals surface area contributed by atoms with Gasteiger partial charge in [0.15, 0.2) is 0 Å². The number of hydrogen-bond donors (Lipinski definition) is 2. The predicted molar refractivity (Wildman–Crippen MR) is 68.2 cm³/mol. The Morgan fingerprint density at radius 2 is 1.89 bits per heavy atom. The summed E-state index contributed by atoms with van der Waals surface area (Å²) in [6.45, 7) is 0.775. The highest BCUT2D eigenvalue weighted by Gasteiger charge is 2.15. The van der Waals surface area contributed by atoms with E-state index in [1.54, 1.807) is 12.1 Å². The van der Waals surface area contributed by atoms with Gasteiger partial charge in [-0.3, -0.25) is 0 Å². The summed E-state index contributed by atoms with van der Waals surface area (Å²) in [5, 5.41) is 13.1. The van der Waals surface area contributed by atoms with Gasteiger partial charge >= 0.3 is 0 Å². The van der Waals surface area contributed by atoms with E-state index in [2.05, 4.69) is 5.32 Å². The lowest BCUT2D eigenvalue weighted by Crippen LogP contribution is -3.00. The summed E-state index contributed by atoms with van der Waals surface area (Å²) in [7, 11) is 0. The Balaban J connectivity index is 0.00000180. The molecule has 0 aliphatic heterocycles. The average Bonchev–Trinajstić information content (AvgIpc) is 2.89. The summed E-state index contributed by atoms with van der Waals surface area (Å²) >= 11 is 0. The average molecular weight is 289 g/mol. The first-order valence-corrected chi connectivity index (χ1v) is 6.54. The minimum Gasteiger partial charge on any atom is -1.00 e. The molecular weight excluding hydrogens is 269 g/mol. The van der Waals surface area contributed by atoms with Crippen LogP contribution in [-0.4, -0.2) is 30.4 Å². The monoisotopic (exact) mass is 288 g/mol. The molecule has 5 heteroatoms. The molecule has 1 atom stereocenters. The minimum absolute atomic E-state index is 0. The van der Waals surface area contributed by atoms with E-state index >= 15 is 0 Å². The summed E-state index contributed by atoms with van der Waals surface area (Å²) < 4.78 is 18.0. The molecule has 2 rings (SSSR count). The second-order valence-electron chi connectivity index (χ2n) is 4.81. The highest BCUT2D eigenvalue weighted by atomic mass is 35.5. The molecule has 3 nitrogen and oxygen atoms in total. The molecule has 1 saturated carbocycles. The van der Waals surface area contributed by atoms with E-state index in [0.717, 1.165) is 0 Å². The van der Waals surface area contributed by atoms with Gasteiger partial charge in [0.1, 0.15) is 24.3 Å². The molecule has 0 spiro atoms. The Bertz CT molecular complexity index is 355. The van der Waals surface area contributed by atoms with E-state index in [-0.39, 0.29) is 24.8 Å². The van der Waals surface area contributed by atoms with Crippen LogP contribution in [0.15, 0.2) is 24.3 Å². The van der Waals surface area contributed by atoms with Crippen LogP contribution in [0.5, 0.6) is 5.75 Å². The van der Waals surface area contributed by atoms with E-state index in [1.807, 2.05) is 0 Å². The third-order valence-electron chi connectivity index (χ3n) is 3.25. The standard InChI is InChI=1S/C14H20FNO2.ClH/c15-11-5-7-14(8-6-11)18-10-13(17)9-16-12-3-1-2-4-12;/h5-8,12-13,16-17H,1-4,9-10H2;1H/p-1. The van der Waals surface area contributed by atoms with Gasteiger partial charge < -0.3 is 27.6 Å². The summed E-state index contributed by atoms with van der Waals surface area (Å²) in [5.74, 6) is 0.294. The summed E-state index contributed by atoms with van der Waals surface area (Å²) in [6, 6.07) is 6.36. The molecule has 1 fully saturated rings. The predicted octanol–water partition coefficient (Wildman–Crippen LogP) is -0.898. The second-order valence-corrected chi connectivity index (χ2v) is 4.81. The molecule has 1 aromatic rings. The van der Waals surface area contributed by atoms with Crippen LogP contribution < -0.4 is 22.5 Å². The first-order chi connectivity index (χ1) is 8.74. The van der Waals surface area contributed by atoms with E-state index in [4.69, 9.17) is 4.74 Å². The Hall–Kier alpha value is -0.840. The van der Waals surface area contributed by atoms with Gasteiger partial charge in [0, 0.05) is 12.6 Å². The maximum absolute atomic E-state index is 12.7. The molecule has 1 aromatic carbocycles. The molecule has 1 aliphatic rings. The Labute approximate surface area is 119 Å². The minimum atomic E-state index is -0.532. The lowest BCUT2D eigenvalue weighted by molar-refractivity contribution is -0.00000615. The van der Waals surface area contributed by atoms with Gasteiger partial charge in [-0.15, -0.1) is 0 Å². The zero-order chi connectivity index (χ0) is 12.8. The van der Waals surface area contributed by atoms with Crippen molar-refractivity contribution in [2.24, 2.45) is 0 Å². The summed E-state index contributed by atoms with van der Waals surface area (Å²) in [5.41, 5.74) is 0. The van der Waals surface area contributed by atoms with Gasteiger partial charge in [-0.25, -0.2) is 4.39 Å². The van der Waals surface area contributed by atoms with Gasteiger partial charge in [-0.1, -0.05) is 12.8 Å². The normalized spacial score (nSPS) is 16.9. The highest BCUT2D eigenvalue weighted by molar-refractivity contribution is 5.22. The van der Waals surface area contributed by atoms with Crippen molar-refractivity contribution >= 4 is 0 Å². The molecule has 108 valence electrons. The largest absolute Gasteiger partial charge is 1.00 e. The van der Waals surface area contributed by atoms with Crippen molar-refractivity contribution in [3.63, 3.8) is 0 Å². The molecule has 0 saturated heterocycles. The van der Waals surface area contributed by atoms with E-state index in [1.165, 1.54) is 37.8 Å². The van der Waals surface area contributed by atoms with Crippen molar-refractivity contribution in [3.8, 4) is 5.75 Å². The smallest absolute Gasteiger partial charge is 0.123 e. The maximum atomic E-state index is 12.7. The number of rotatable bonds is 6. The number of halogens is 2. The molecule has 0 amide bonds. The zero-order valence-electron chi connectivity index (χ0n) is 10.8. The van der Waals surface area contributed by atoms with E-state index in [0.29, 0.717) is 18.3 Å². The molecule has 1 unspecified atom stereocenters. The first-order valence-electron chi connectivity index (χ1n) is 6.54. The zero-order valence-corrected chi connectivity index (χ0v) is 11.6. The van der Waals surface area contributed by atoms with Crippen LogP contribution in [0.1, 0.15) is 25.7 Å². The second kappa shape index (κ2) is 8.35. The number of benzene rings is 1. The Morgan fingerprint density at radius 3 is 2.53 bits per heavy atom. The van der Waals surface area contributed by atoms with Crippen LogP contribution in [0.3, 0.4) is 0 Å². The maximum Gasteiger partial charge on any atom is 0.123 e. The van der Waals surface area contributed by atoms with Gasteiger partial charge in [-0.2, -0.15) is 0 Å². The molecule has 0 heterocycles. The van der Waals surface area contributed by atoms with Gasteiger partial charge in [0.05, 0.1) is 0 Å². The van der Waals surface area contributed by atoms with Crippen LogP contribution >= 0.6 is 0 Å². The van der Waals surface area contributed by atoms with Crippen LogP contribution in [0.4, 0.5) is 4.39 Å². The van der Waals surface area contributed by atoms with E-state index < -0.39 is 6.10 Å². The molecule has 2 N–H and O–H groups in total. The quantitative estimate of drug-likeness (QED) is 0.713. The van der Waals surface area contributed by atoms with Crippen LogP contribution in [-0.2, 0) is 0 Å². The molecule has 19 heavy (non-hydrogen) atoms. The van der Waals surface area contributed by atoms with Crippen molar-refractivity contribution < 1.29 is 26.6 Å². The first kappa shape index (κ1) is 16.2. The SMILES string of the molecule is OC(CNC1CCCC1)COc1ccc(F)cc1.[Cl-].